The molecule has 1 N–H and O–H groups in total. The second-order valence-electron chi connectivity index (χ2n) is 5.90. The topological polar surface area (TPSA) is 40.5 Å². The van der Waals surface area contributed by atoms with Crippen LogP contribution in [0, 0.1) is 11.7 Å². The molecule has 1 saturated heterocycles. The molecule has 21 heavy (non-hydrogen) atoms. The zero-order valence-corrected chi connectivity index (χ0v) is 12.6. The van der Waals surface area contributed by atoms with Crippen molar-refractivity contribution in [1.82, 2.24) is 4.90 Å². The van der Waals surface area contributed by atoms with Crippen LogP contribution in [0.25, 0.3) is 0 Å². The molecule has 0 amide bonds. The Bertz CT molecular complexity index is 478. The highest BCUT2D eigenvalue weighted by molar-refractivity contribution is 5.98. The number of halogens is 1. The standard InChI is InChI=1S/C17H24FNO2/c1-13(17(21)15-8-2-3-9-16(15)18)12-19-10-4-6-14(19)7-5-11-20/h2-3,8-9,13-14,20H,4-7,10-12H2,1H3. The van der Waals surface area contributed by atoms with Crippen LogP contribution in [0.2, 0.25) is 0 Å². The first-order valence-corrected chi connectivity index (χ1v) is 7.77. The lowest BCUT2D eigenvalue weighted by atomic mass is 9.97. The maximum atomic E-state index is 13.7. The summed E-state index contributed by atoms with van der Waals surface area (Å²) in [5.41, 5.74) is 0.191. The molecule has 2 rings (SSSR count). The number of rotatable bonds is 7. The van der Waals surface area contributed by atoms with Gasteiger partial charge in [-0.25, -0.2) is 4.39 Å². The van der Waals surface area contributed by atoms with E-state index in [4.69, 9.17) is 5.11 Å². The van der Waals surface area contributed by atoms with Crippen molar-refractivity contribution in [3.63, 3.8) is 0 Å². The van der Waals surface area contributed by atoms with E-state index in [0.29, 0.717) is 12.6 Å². The molecule has 0 aliphatic carbocycles. The minimum Gasteiger partial charge on any atom is -0.396 e. The van der Waals surface area contributed by atoms with Gasteiger partial charge in [-0.2, -0.15) is 0 Å². The van der Waals surface area contributed by atoms with Crippen LogP contribution >= 0.6 is 0 Å². The van der Waals surface area contributed by atoms with Gasteiger partial charge in [-0.15, -0.1) is 0 Å². The van der Waals surface area contributed by atoms with Gasteiger partial charge in [0.05, 0.1) is 5.56 Å². The first-order chi connectivity index (χ1) is 10.1. The van der Waals surface area contributed by atoms with E-state index in [1.54, 1.807) is 18.2 Å². The van der Waals surface area contributed by atoms with Gasteiger partial charge in [-0.1, -0.05) is 19.1 Å². The van der Waals surface area contributed by atoms with Crippen LogP contribution in [0.15, 0.2) is 24.3 Å². The monoisotopic (exact) mass is 293 g/mol. The van der Waals surface area contributed by atoms with Crippen LogP contribution in [-0.4, -0.2) is 41.5 Å². The number of Topliss-reactive ketones (excluding diaryl/α,β-unsaturated/α-hetero) is 1. The quantitative estimate of drug-likeness (QED) is 0.786. The maximum absolute atomic E-state index is 13.7. The summed E-state index contributed by atoms with van der Waals surface area (Å²) in [7, 11) is 0. The van der Waals surface area contributed by atoms with Crippen molar-refractivity contribution in [2.24, 2.45) is 5.92 Å². The van der Waals surface area contributed by atoms with Gasteiger partial charge in [0.2, 0.25) is 0 Å². The van der Waals surface area contributed by atoms with Crippen molar-refractivity contribution in [3.8, 4) is 0 Å². The zero-order chi connectivity index (χ0) is 15.2. The average Bonchev–Trinajstić information content (AvgIpc) is 2.92. The largest absolute Gasteiger partial charge is 0.396 e. The van der Waals surface area contributed by atoms with E-state index in [0.717, 1.165) is 32.2 Å². The molecule has 1 aliphatic heterocycles. The van der Waals surface area contributed by atoms with Crippen molar-refractivity contribution in [3.05, 3.63) is 35.6 Å². The van der Waals surface area contributed by atoms with Crippen LogP contribution in [-0.2, 0) is 0 Å². The van der Waals surface area contributed by atoms with E-state index in [1.807, 2.05) is 6.92 Å². The minimum absolute atomic E-state index is 0.124. The van der Waals surface area contributed by atoms with Gasteiger partial charge >= 0.3 is 0 Å². The number of nitrogens with zero attached hydrogens (tertiary/aromatic N) is 1. The number of aliphatic hydroxyl groups is 1. The van der Waals surface area contributed by atoms with Crippen molar-refractivity contribution < 1.29 is 14.3 Å². The molecule has 1 aromatic carbocycles. The predicted molar refractivity (Wildman–Crippen MR) is 80.8 cm³/mol. The molecule has 0 bridgehead atoms. The molecule has 4 heteroatoms. The lowest BCUT2D eigenvalue weighted by Gasteiger charge is -2.27. The minimum atomic E-state index is -0.437. The molecule has 1 aliphatic rings. The Balaban J connectivity index is 1.96. The van der Waals surface area contributed by atoms with Crippen LogP contribution < -0.4 is 0 Å². The third kappa shape index (κ3) is 4.11. The van der Waals surface area contributed by atoms with E-state index in [1.165, 1.54) is 6.07 Å². The Labute approximate surface area is 125 Å². The van der Waals surface area contributed by atoms with Crippen molar-refractivity contribution in [1.29, 1.82) is 0 Å². The zero-order valence-electron chi connectivity index (χ0n) is 12.6. The number of hydrogen-bond acceptors (Lipinski definition) is 3. The molecule has 2 atom stereocenters. The summed E-state index contributed by atoms with van der Waals surface area (Å²) in [6.07, 6.45) is 4.03. The smallest absolute Gasteiger partial charge is 0.169 e. The summed E-state index contributed by atoms with van der Waals surface area (Å²) in [5.74, 6) is -0.773. The maximum Gasteiger partial charge on any atom is 0.169 e. The summed E-state index contributed by atoms with van der Waals surface area (Å²) >= 11 is 0. The molecule has 116 valence electrons. The number of carbonyl (C=O) groups is 1. The molecule has 0 aromatic heterocycles. The van der Waals surface area contributed by atoms with Gasteiger partial charge in [-0.3, -0.25) is 9.69 Å². The molecule has 1 aromatic rings. The molecule has 1 fully saturated rings. The molecule has 1 heterocycles. The van der Waals surface area contributed by atoms with Gasteiger partial charge < -0.3 is 5.11 Å². The molecule has 0 saturated carbocycles. The number of aliphatic hydroxyl groups excluding tert-OH is 1. The van der Waals surface area contributed by atoms with Gasteiger partial charge in [0, 0.05) is 25.1 Å². The van der Waals surface area contributed by atoms with E-state index >= 15 is 0 Å². The Kier molecular flexibility index (Phi) is 5.88. The summed E-state index contributed by atoms with van der Waals surface area (Å²) in [6.45, 7) is 3.75. The second kappa shape index (κ2) is 7.66. The van der Waals surface area contributed by atoms with E-state index in [2.05, 4.69) is 4.90 Å². The van der Waals surface area contributed by atoms with Gasteiger partial charge in [0.25, 0.3) is 0 Å². The first-order valence-electron chi connectivity index (χ1n) is 7.77. The Morgan fingerprint density at radius 1 is 1.48 bits per heavy atom. The summed E-state index contributed by atoms with van der Waals surface area (Å²) in [6, 6.07) is 6.64. The fraction of sp³-hybridized carbons (Fsp3) is 0.588. The van der Waals surface area contributed by atoms with Crippen molar-refractivity contribution in [2.75, 3.05) is 19.7 Å². The number of benzene rings is 1. The highest BCUT2D eigenvalue weighted by Gasteiger charge is 2.28. The number of hydrogen-bond donors (Lipinski definition) is 1. The van der Waals surface area contributed by atoms with E-state index < -0.39 is 5.82 Å². The molecule has 0 radical (unpaired) electrons. The SMILES string of the molecule is CC(CN1CCCC1CCCO)C(=O)c1ccccc1F. The molecule has 2 unspecified atom stereocenters. The normalized spacial score (nSPS) is 20.6. The third-order valence-electron chi connectivity index (χ3n) is 4.29. The predicted octanol–water partition coefficient (Wildman–Crippen LogP) is 2.88. The van der Waals surface area contributed by atoms with E-state index in [9.17, 15) is 9.18 Å². The Hall–Kier alpha value is -1.26. The molecule has 3 nitrogen and oxygen atoms in total. The summed E-state index contributed by atoms with van der Waals surface area (Å²) in [5, 5.41) is 8.95. The third-order valence-corrected chi connectivity index (χ3v) is 4.29. The van der Waals surface area contributed by atoms with E-state index in [-0.39, 0.29) is 23.9 Å². The lowest BCUT2D eigenvalue weighted by Crippen LogP contribution is -2.36. The second-order valence-corrected chi connectivity index (χ2v) is 5.90. The number of likely N-dealkylation sites (tertiary alicyclic amines) is 1. The Morgan fingerprint density at radius 2 is 2.24 bits per heavy atom. The molecular formula is C17H24FNO2. The van der Waals surface area contributed by atoms with Crippen LogP contribution in [0.1, 0.15) is 43.0 Å². The van der Waals surface area contributed by atoms with Crippen LogP contribution in [0.3, 0.4) is 0 Å². The van der Waals surface area contributed by atoms with Crippen LogP contribution in [0.5, 0.6) is 0 Å². The number of ketones is 1. The van der Waals surface area contributed by atoms with Crippen molar-refractivity contribution in [2.45, 2.75) is 38.6 Å². The first kappa shape index (κ1) is 16.1. The Morgan fingerprint density at radius 3 is 2.95 bits per heavy atom. The summed E-state index contributed by atoms with van der Waals surface area (Å²) in [4.78, 5) is 14.7. The highest BCUT2D eigenvalue weighted by atomic mass is 19.1. The summed E-state index contributed by atoms with van der Waals surface area (Å²) < 4.78 is 13.7. The lowest BCUT2D eigenvalue weighted by molar-refractivity contribution is 0.0879. The van der Waals surface area contributed by atoms with Gasteiger partial charge in [-0.05, 0) is 44.4 Å². The molecular weight excluding hydrogens is 269 g/mol. The van der Waals surface area contributed by atoms with Gasteiger partial charge in [0.15, 0.2) is 5.78 Å². The average molecular weight is 293 g/mol. The van der Waals surface area contributed by atoms with Gasteiger partial charge in [0.1, 0.15) is 5.82 Å². The molecule has 0 spiro atoms. The van der Waals surface area contributed by atoms with Crippen molar-refractivity contribution >= 4 is 5.78 Å². The highest BCUT2D eigenvalue weighted by Crippen LogP contribution is 2.23. The number of carbonyl (C=O) groups excluding carboxylic acids is 1. The fourth-order valence-electron chi connectivity index (χ4n) is 3.15. The fourth-order valence-corrected chi connectivity index (χ4v) is 3.15. The van der Waals surface area contributed by atoms with Crippen LogP contribution in [0.4, 0.5) is 4.39 Å².